The molecule has 2 aromatic rings. The highest BCUT2D eigenvalue weighted by Gasteiger charge is 2.31. The van der Waals surface area contributed by atoms with Gasteiger partial charge in [0.25, 0.3) is 5.91 Å². The number of halogens is 2. The summed E-state index contributed by atoms with van der Waals surface area (Å²) in [7, 11) is -3.01. The van der Waals surface area contributed by atoms with Crippen LogP contribution in [-0.4, -0.2) is 45.4 Å². The average Bonchev–Trinajstić information content (AvgIpc) is 2.79. The smallest absolute Gasteiger partial charge is 0.252 e. The van der Waals surface area contributed by atoms with Gasteiger partial charge >= 0.3 is 0 Å². The topological polar surface area (TPSA) is 66.9 Å². The zero-order valence-electron chi connectivity index (χ0n) is 18.8. The third kappa shape index (κ3) is 6.16. The lowest BCUT2D eigenvalue weighted by molar-refractivity contribution is -0.122. The SMILES string of the molecule is COCC(=O)N1CCCCCCCCN(S(=O)(=O)c2c(F)cccc2F)Cc2ccccc21. The fraction of sp³-hybridized carbons (Fsp3) is 0.458. The van der Waals surface area contributed by atoms with Crippen LogP contribution < -0.4 is 4.90 Å². The predicted molar refractivity (Wildman–Crippen MR) is 122 cm³/mol. The van der Waals surface area contributed by atoms with Crippen LogP contribution in [0.4, 0.5) is 14.5 Å². The quantitative estimate of drug-likeness (QED) is 0.647. The number of hydrogen-bond acceptors (Lipinski definition) is 4. The highest BCUT2D eigenvalue weighted by atomic mass is 32.2. The van der Waals surface area contributed by atoms with Gasteiger partial charge in [-0.15, -0.1) is 0 Å². The standard InChI is InChI=1S/C24H30F2N2O4S/c1-32-18-23(29)28-16-9-5-3-2-4-8-15-27(17-19-11-6-7-14-22(19)28)33(30,31)24-20(25)12-10-13-21(24)26/h6-7,10-14H,2-5,8-9,15-18H2,1H3. The largest absolute Gasteiger partial charge is 0.375 e. The molecule has 1 heterocycles. The number of methoxy groups -OCH3 is 1. The first-order valence-corrected chi connectivity index (χ1v) is 12.6. The number of benzene rings is 2. The van der Waals surface area contributed by atoms with Gasteiger partial charge in [-0.3, -0.25) is 4.79 Å². The molecule has 3 rings (SSSR count). The van der Waals surface area contributed by atoms with Crippen molar-refractivity contribution in [3.8, 4) is 0 Å². The maximum atomic E-state index is 14.4. The Labute approximate surface area is 194 Å². The van der Waals surface area contributed by atoms with Crippen molar-refractivity contribution < 1.29 is 26.7 Å². The third-order valence-electron chi connectivity index (χ3n) is 5.75. The summed E-state index contributed by atoms with van der Waals surface area (Å²) in [6, 6.07) is 10.0. The molecule has 0 radical (unpaired) electrons. The van der Waals surface area contributed by atoms with E-state index in [0.29, 0.717) is 24.2 Å². The summed E-state index contributed by atoms with van der Waals surface area (Å²) in [6.45, 7) is 0.393. The molecule has 33 heavy (non-hydrogen) atoms. The second-order valence-corrected chi connectivity index (χ2v) is 9.99. The zero-order chi connectivity index (χ0) is 23.8. The van der Waals surface area contributed by atoms with Crippen molar-refractivity contribution in [1.82, 2.24) is 4.31 Å². The number of para-hydroxylation sites is 1. The van der Waals surface area contributed by atoms with E-state index in [2.05, 4.69) is 0 Å². The number of sulfonamides is 1. The van der Waals surface area contributed by atoms with Crippen LogP contribution in [0.2, 0.25) is 0 Å². The number of carbonyl (C=O) groups excluding carboxylic acids is 1. The summed E-state index contributed by atoms with van der Waals surface area (Å²) >= 11 is 0. The number of carbonyl (C=O) groups is 1. The molecule has 180 valence electrons. The first-order chi connectivity index (χ1) is 15.9. The van der Waals surface area contributed by atoms with Crippen molar-refractivity contribution in [3.63, 3.8) is 0 Å². The summed E-state index contributed by atoms with van der Waals surface area (Å²) in [5.41, 5.74) is 1.16. The number of nitrogens with zero attached hydrogens (tertiary/aromatic N) is 2. The first-order valence-electron chi connectivity index (χ1n) is 11.2. The molecule has 1 aliphatic heterocycles. The Morgan fingerprint density at radius 1 is 0.909 bits per heavy atom. The van der Waals surface area contributed by atoms with Gasteiger partial charge in [0.2, 0.25) is 10.0 Å². The van der Waals surface area contributed by atoms with Gasteiger partial charge in [0.05, 0.1) is 0 Å². The molecule has 6 nitrogen and oxygen atoms in total. The number of ether oxygens (including phenoxy) is 1. The van der Waals surface area contributed by atoms with Crippen LogP contribution in [0.1, 0.15) is 44.1 Å². The molecule has 0 aromatic heterocycles. The van der Waals surface area contributed by atoms with Crippen molar-refractivity contribution in [2.45, 2.75) is 50.0 Å². The van der Waals surface area contributed by atoms with E-state index in [1.165, 1.54) is 7.11 Å². The number of anilines is 1. The molecule has 0 spiro atoms. The number of hydrogen-bond donors (Lipinski definition) is 0. The lowest BCUT2D eigenvalue weighted by Crippen LogP contribution is -2.37. The molecular weight excluding hydrogens is 450 g/mol. The van der Waals surface area contributed by atoms with Crippen LogP contribution in [0.5, 0.6) is 0 Å². The molecule has 0 fully saturated rings. The Morgan fingerprint density at radius 3 is 2.18 bits per heavy atom. The van der Waals surface area contributed by atoms with Crippen molar-refractivity contribution in [2.75, 3.05) is 31.7 Å². The van der Waals surface area contributed by atoms with Crippen molar-refractivity contribution in [3.05, 3.63) is 59.7 Å². The Hall–Kier alpha value is -2.36. The van der Waals surface area contributed by atoms with Gasteiger partial charge in [0.15, 0.2) is 4.90 Å². The van der Waals surface area contributed by atoms with Crippen LogP contribution in [0.25, 0.3) is 0 Å². The minimum Gasteiger partial charge on any atom is -0.375 e. The predicted octanol–water partition coefficient (Wildman–Crippen LogP) is 4.49. The van der Waals surface area contributed by atoms with E-state index in [9.17, 15) is 22.0 Å². The highest BCUT2D eigenvalue weighted by molar-refractivity contribution is 7.89. The fourth-order valence-corrected chi connectivity index (χ4v) is 5.65. The van der Waals surface area contributed by atoms with Gasteiger partial charge in [0.1, 0.15) is 18.2 Å². The third-order valence-corrected chi connectivity index (χ3v) is 7.65. The van der Waals surface area contributed by atoms with Gasteiger partial charge in [-0.2, -0.15) is 4.31 Å². The molecule has 0 aliphatic carbocycles. The van der Waals surface area contributed by atoms with E-state index >= 15 is 0 Å². The van der Waals surface area contributed by atoms with Crippen LogP contribution in [0, 0.1) is 11.6 Å². The first kappa shape index (κ1) is 25.3. The number of amides is 1. The monoisotopic (exact) mass is 480 g/mol. The molecule has 0 saturated heterocycles. The second kappa shape index (κ2) is 11.7. The van der Waals surface area contributed by atoms with E-state index in [1.807, 2.05) is 0 Å². The van der Waals surface area contributed by atoms with Crippen LogP contribution in [0.3, 0.4) is 0 Å². The average molecular weight is 481 g/mol. The highest BCUT2D eigenvalue weighted by Crippen LogP contribution is 2.29. The Balaban J connectivity index is 2.05. The normalized spacial score (nSPS) is 16.9. The molecule has 0 atom stereocenters. The van der Waals surface area contributed by atoms with Crippen molar-refractivity contribution >= 4 is 21.6 Å². The van der Waals surface area contributed by atoms with E-state index < -0.39 is 26.6 Å². The Bertz CT molecular complexity index is 1040. The number of fused-ring (bicyclic) bond motifs is 1. The van der Waals surface area contributed by atoms with Crippen LogP contribution in [-0.2, 0) is 26.1 Å². The van der Waals surface area contributed by atoms with Gasteiger partial charge < -0.3 is 9.64 Å². The van der Waals surface area contributed by atoms with Gasteiger partial charge in [-0.05, 0) is 36.6 Å². The Morgan fingerprint density at radius 2 is 1.52 bits per heavy atom. The maximum absolute atomic E-state index is 14.4. The van der Waals surface area contributed by atoms with Crippen molar-refractivity contribution in [2.24, 2.45) is 0 Å². The van der Waals surface area contributed by atoms with Gasteiger partial charge in [-0.1, -0.05) is 49.9 Å². The molecule has 0 unspecified atom stereocenters. The summed E-state index contributed by atoms with van der Waals surface area (Å²) in [4.78, 5) is 13.5. The Kier molecular flexibility index (Phi) is 8.94. The minimum absolute atomic E-state index is 0.100. The van der Waals surface area contributed by atoms with E-state index in [1.54, 1.807) is 29.2 Å². The molecule has 0 bridgehead atoms. The molecule has 0 saturated carbocycles. The molecule has 1 aliphatic rings. The molecule has 0 N–H and O–H groups in total. The molecule has 1 amide bonds. The van der Waals surface area contributed by atoms with Crippen molar-refractivity contribution in [1.29, 1.82) is 0 Å². The molecule has 2 aromatic carbocycles. The van der Waals surface area contributed by atoms with Crippen LogP contribution >= 0.6 is 0 Å². The molecule has 9 heteroatoms. The van der Waals surface area contributed by atoms with Gasteiger partial charge in [-0.25, -0.2) is 17.2 Å². The van der Waals surface area contributed by atoms with E-state index in [0.717, 1.165) is 54.6 Å². The lowest BCUT2D eigenvalue weighted by Gasteiger charge is -2.28. The molecular formula is C24H30F2N2O4S. The fourth-order valence-electron chi connectivity index (χ4n) is 4.09. The number of rotatable bonds is 4. The zero-order valence-corrected chi connectivity index (χ0v) is 19.6. The summed E-state index contributed by atoms with van der Waals surface area (Å²) < 4.78 is 61.8. The second-order valence-electron chi connectivity index (χ2n) is 8.12. The minimum atomic E-state index is -4.46. The lowest BCUT2D eigenvalue weighted by atomic mass is 10.1. The van der Waals surface area contributed by atoms with E-state index in [4.69, 9.17) is 4.74 Å². The summed E-state index contributed by atoms with van der Waals surface area (Å²) in [6.07, 6.45) is 5.01. The van der Waals surface area contributed by atoms with Crippen LogP contribution in [0.15, 0.2) is 47.4 Å². The maximum Gasteiger partial charge on any atom is 0.252 e. The van der Waals surface area contributed by atoms with E-state index in [-0.39, 0.29) is 25.6 Å². The van der Waals surface area contributed by atoms with Gasteiger partial charge in [0, 0.05) is 32.4 Å². The summed E-state index contributed by atoms with van der Waals surface area (Å²) in [5, 5.41) is 0. The summed E-state index contributed by atoms with van der Waals surface area (Å²) in [5.74, 6) is -2.47.